The van der Waals surface area contributed by atoms with E-state index in [1.807, 2.05) is 0 Å². The minimum absolute atomic E-state index is 0.0140. The van der Waals surface area contributed by atoms with Crippen LogP contribution in [0.1, 0.15) is 51.2 Å². The van der Waals surface area contributed by atoms with Gasteiger partial charge in [-0.2, -0.15) is 5.10 Å². The standard InChI is InChI=1S/C19H24N4O5/c1-11(17(24)22-20-10-15-2-3-16(28-15)23(26)27)21-18(25)19-7-12-4-13(8-19)6-14(5-12)9-19/h2-3,10-14H,4-9H2,1H3,(H,21,25)(H,22,24)/b20-10+/t11-,12?,13?,14?,19?/m0/s1. The Balaban J connectivity index is 1.31. The molecule has 1 aromatic rings. The van der Waals surface area contributed by atoms with Crippen LogP contribution in [0.25, 0.3) is 0 Å². The van der Waals surface area contributed by atoms with E-state index in [0.717, 1.165) is 19.3 Å². The fraction of sp³-hybridized carbons (Fsp3) is 0.632. The quantitative estimate of drug-likeness (QED) is 0.439. The number of hydrogen-bond acceptors (Lipinski definition) is 6. The number of furan rings is 1. The van der Waals surface area contributed by atoms with Gasteiger partial charge in [-0.25, -0.2) is 5.43 Å². The summed E-state index contributed by atoms with van der Waals surface area (Å²) in [5.74, 6) is 1.26. The molecule has 0 spiro atoms. The van der Waals surface area contributed by atoms with Gasteiger partial charge in [-0.1, -0.05) is 0 Å². The summed E-state index contributed by atoms with van der Waals surface area (Å²) >= 11 is 0. The highest BCUT2D eigenvalue weighted by Crippen LogP contribution is 2.60. The Morgan fingerprint density at radius 1 is 1.25 bits per heavy atom. The lowest BCUT2D eigenvalue weighted by atomic mass is 9.49. The molecule has 0 saturated heterocycles. The van der Waals surface area contributed by atoms with E-state index in [-0.39, 0.29) is 17.1 Å². The maximum atomic E-state index is 13.0. The highest BCUT2D eigenvalue weighted by molar-refractivity contribution is 5.90. The maximum absolute atomic E-state index is 13.0. The molecule has 0 aromatic carbocycles. The van der Waals surface area contributed by atoms with Gasteiger partial charge in [0, 0.05) is 5.41 Å². The summed E-state index contributed by atoms with van der Waals surface area (Å²) in [6.07, 6.45) is 7.75. The van der Waals surface area contributed by atoms with E-state index in [0.29, 0.717) is 17.8 Å². The molecule has 0 unspecified atom stereocenters. The maximum Gasteiger partial charge on any atom is 0.433 e. The molecule has 28 heavy (non-hydrogen) atoms. The molecule has 5 rings (SSSR count). The zero-order chi connectivity index (χ0) is 19.9. The van der Waals surface area contributed by atoms with Crippen molar-refractivity contribution in [1.82, 2.24) is 10.7 Å². The zero-order valence-corrected chi connectivity index (χ0v) is 15.7. The lowest BCUT2D eigenvalue weighted by Gasteiger charge is -2.55. The molecular weight excluding hydrogens is 364 g/mol. The summed E-state index contributed by atoms with van der Waals surface area (Å²) in [5.41, 5.74) is 2.03. The average molecular weight is 388 g/mol. The van der Waals surface area contributed by atoms with Gasteiger partial charge in [0.05, 0.1) is 12.3 Å². The Morgan fingerprint density at radius 2 is 1.86 bits per heavy atom. The fourth-order valence-electron chi connectivity index (χ4n) is 5.57. The van der Waals surface area contributed by atoms with Crippen molar-refractivity contribution in [3.8, 4) is 0 Å². The van der Waals surface area contributed by atoms with Gasteiger partial charge in [0.15, 0.2) is 5.76 Å². The van der Waals surface area contributed by atoms with Crippen LogP contribution in [0.5, 0.6) is 0 Å². The number of amides is 2. The molecule has 2 N–H and O–H groups in total. The van der Waals surface area contributed by atoms with Crippen LogP contribution < -0.4 is 10.7 Å². The predicted octanol–water partition coefficient (Wildman–Crippen LogP) is 2.36. The molecule has 4 bridgehead atoms. The topological polar surface area (TPSA) is 127 Å². The molecular formula is C19H24N4O5. The van der Waals surface area contributed by atoms with Gasteiger partial charge in [-0.05, 0) is 69.3 Å². The number of hydrogen-bond donors (Lipinski definition) is 2. The van der Waals surface area contributed by atoms with E-state index < -0.39 is 22.8 Å². The summed E-state index contributed by atoms with van der Waals surface area (Å²) in [5, 5.41) is 17.2. The van der Waals surface area contributed by atoms with Gasteiger partial charge in [0.2, 0.25) is 5.91 Å². The first-order chi connectivity index (χ1) is 13.3. The van der Waals surface area contributed by atoms with Crippen LogP contribution in [-0.4, -0.2) is 29.0 Å². The van der Waals surface area contributed by atoms with Crippen LogP contribution in [0.3, 0.4) is 0 Å². The SMILES string of the molecule is C[C@H](NC(=O)C12CC3CC(CC(C3)C1)C2)C(=O)N/N=C/c1ccc([N+](=O)[O-])o1. The number of carbonyl (C=O) groups excluding carboxylic acids is 2. The lowest BCUT2D eigenvalue weighted by molar-refractivity contribution is -0.402. The Morgan fingerprint density at radius 3 is 2.39 bits per heavy atom. The lowest BCUT2D eigenvalue weighted by Crippen LogP contribution is -2.56. The highest BCUT2D eigenvalue weighted by Gasteiger charge is 2.54. The molecule has 150 valence electrons. The largest absolute Gasteiger partial charge is 0.433 e. The predicted molar refractivity (Wildman–Crippen MR) is 99.3 cm³/mol. The average Bonchev–Trinajstić information content (AvgIpc) is 3.09. The molecule has 2 amide bonds. The third kappa shape index (κ3) is 3.53. The van der Waals surface area contributed by atoms with Gasteiger partial charge in [0.1, 0.15) is 11.0 Å². The van der Waals surface area contributed by atoms with Crippen molar-refractivity contribution >= 4 is 23.9 Å². The third-order valence-electron chi connectivity index (χ3n) is 6.42. The molecule has 0 aliphatic heterocycles. The van der Waals surface area contributed by atoms with Crippen LogP contribution in [0, 0.1) is 33.3 Å². The van der Waals surface area contributed by atoms with Crippen LogP contribution in [-0.2, 0) is 9.59 Å². The first-order valence-corrected chi connectivity index (χ1v) is 9.73. The normalized spacial score (nSPS) is 31.7. The molecule has 1 atom stereocenters. The van der Waals surface area contributed by atoms with E-state index in [2.05, 4.69) is 15.8 Å². The number of nitrogens with zero attached hydrogens (tertiary/aromatic N) is 2. The Labute approximate surface area is 162 Å². The second-order valence-corrected chi connectivity index (χ2v) is 8.56. The first kappa shape index (κ1) is 18.6. The molecule has 4 fully saturated rings. The highest BCUT2D eigenvalue weighted by atomic mass is 16.6. The summed E-state index contributed by atoms with van der Waals surface area (Å²) in [6, 6.07) is 1.87. The monoisotopic (exact) mass is 388 g/mol. The number of carbonyl (C=O) groups is 2. The van der Waals surface area contributed by atoms with E-state index >= 15 is 0 Å². The van der Waals surface area contributed by atoms with Crippen molar-refractivity contribution in [1.29, 1.82) is 0 Å². The second kappa shape index (κ2) is 7.03. The molecule has 4 aliphatic carbocycles. The Bertz CT molecular complexity index is 795. The summed E-state index contributed by atoms with van der Waals surface area (Å²) in [6.45, 7) is 1.63. The van der Waals surface area contributed by atoms with Gasteiger partial charge >= 0.3 is 5.88 Å². The van der Waals surface area contributed by atoms with Crippen molar-refractivity contribution < 1.29 is 18.9 Å². The summed E-state index contributed by atoms with van der Waals surface area (Å²) in [4.78, 5) is 35.1. The number of rotatable bonds is 6. The van der Waals surface area contributed by atoms with Crippen LogP contribution in [0.4, 0.5) is 5.88 Å². The molecule has 9 nitrogen and oxygen atoms in total. The van der Waals surface area contributed by atoms with Crippen LogP contribution >= 0.6 is 0 Å². The van der Waals surface area contributed by atoms with Crippen molar-refractivity contribution in [2.24, 2.45) is 28.3 Å². The van der Waals surface area contributed by atoms with E-state index in [1.165, 1.54) is 37.6 Å². The fourth-order valence-corrected chi connectivity index (χ4v) is 5.57. The molecule has 9 heteroatoms. The van der Waals surface area contributed by atoms with Crippen molar-refractivity contribution in [3.63, 3.8) is 0 Å². The van der Waals surface area contributed by atoms with Crippen LogP contribution in [0.15, 0.2) is 21.7 Å². The van der Waals surface area contributed by atoms with Crippen molar-refractivity contribution in [2.45, 2.75) is 51.5 Å². The van der Waals surface area contributed by atoms with Crippen LogP contribution in [0.2, 0.25) is 0 Å². The van der Waals surface area contributed by atoms with E-state index in [9.17, 15) is 19.7 Å². The minimum Gasteiger partial charge on any atom is -0.400 e. The van der Waals surface area contributed by atoms with Gasteiger partial charge in [0.25, 0.3) is 5.91 Å². The molecule has 4 saturated carbocycles. The molecule has 1 heterocycles. The smallest absolute Gasteiger partial charge is 0.400 e. The number of nitrogens with one attached hydrogen (secondary N) is 2. The molecule has 4 aliphatic rings. The van der Waals surface area contributed by atoms with Crippen molar-refractivity contribution in [2.75, 3.05) is 0 Å². The Kier molecular flexibility index (Phi) is 4.68. The summed E-state index contributed by atoms with van der Waals surface area (Å²) in [7, 11) is 0. The zero-order valence-electron chi connectivity index (χ0n) is 15.7. The van der Waals surface area contributed by atoms with Gasteiger partial charge in [-0.15, -0.1) is 0 Å². The third-order valence-corrected chi connectivity index (χ3v) is 6.42. The molecule has 1 aromatic heterocycles. The van der Waals surface area contributed by atoms with Gasteiger partial charge < -0.3 is 9.73 Å². The van der Waals surface area contributed by atoms with E-state index in [1.54, 1.807) is 6.92 Å². The van der Waals surface area contributed by atoms with Crippen molar-refractivity contribution in [3.05, 3.63) is 28.0 Å². The Hall–Kier alpha value is -2.71. The molecule has 0 radical (unpaired) electrons. The minimum atomic E-state index is -0.719. The van der Waals surface area contributed by atoms with E-state index in [4.69, 9.17) is 4.42 Å². The van der Waals surface area contributed by atoms with Gasteiger partial charge in [-0.3, -0.25) is 19.7 Å². The summed E-state index contributed by atoms with van der Waals surface area (Å²) < 4.78 is 4.92. The number of hydrazone groups is 1. The number of nitro groups is 1. The first-order valence-electron chi connectivity index (χ1n) is 9.73. The second-order valence-electron chi connectivity index (χ2n) is 8.56.